The number of ether oxygens (including phenoxy) is 2. The first-order chi connectivity index (χ1) is 11.6. The third kappa shape index (κ3) is 2.96. The quantitative estimate of drug-likeness (QED) is 0.823. The van der Waals surface area contributed by atoms with Crippen molar-refractivity contribution in [3.05, 3.63) is 23.9 Å². The van der Waals surface area contributed by atoms with Gasteiger partial charge < -0.3 is 19.3 Å². The SMILES string of the molecule is CCN1C(=O)CN(C(=O)c2ccc(OC)nc2)CC12CCOCC2. The molecular weight excluding hydrogens is 310 g/mol. The summed E-state index contributed by atoms with van der Waals surface area (Å²) >= 11 is 0. The second kappa shape index (κ2) is 6.76. The van der Waals surface area contributed by atoms with Crippen molar-refractivity contribution >= 4 is 11.8 Å². The van der Waals surface area contributed by atoms with E-state index in [2.05, 4.69) is 4.98 Å². The molecule has 1 spiro atoms. The van der Waals surface area contributed by atoms with Gasteiger partial charge in [-0.25, -0.2) is 4.98 Å². The van der Waals surface area contributed by atoms with Gasteiger partial charge in [0, 0.05) is 38.6 Å². The predicted octanol–water partition coefficient (Wildman–Crippen LogP) is 0.944. The average molecular weight is 333 g/mol. The minimum Gasteiger partial charge on any atom is -0.481 e. The minimum absolute atomic E-state index is 0.000436. The monoisotopic (exact) mass is 333 g/mol. The van der Waals surface area contributed by atoms with E-state index in [9.17, 15) is 9.59 Å². The number of pyridine rings is 1. The smallest absolute Gasteiger partial charge is 0.255 e. The van der Waals surface area contributed by atoms with Crippen molar-refractivity contribution in [3.63, 3.8) is 0 Å². The van der Waals surface area contributed by atoms with Crippen LogP contribution < -0.4 is 4.74 Å². The van der Waals surface area contributed by atoms with Gasteiger partial charge in [0.2, 0.25) is 11.8 Å². The Kier molecular flexibility index (Phi) is 4.71. The fourth-order valence-electron chi connectivity index (χ4n) is 3.65. The average Bonchev–Trinajstić information content (AvgIpc) is 2.61. The van der Waals surface area contributed by atoms with Gasteiger partial charge in [-0.05, 0) is 25.8 Å². The van der Waals surface area contributed by atoms with Crippen LogP contribution in [0.25, 0.3) is 0 Å². The van der Waals surface area contributed by atoms with Gasteiger partial charge in [0.25, 0.3) is 5.91 Å². The summed E-state index contributed by atoms with van der Waals surface area (Å²) < 4.78 is 10.5. The summed E-state index contributed by atoms with van der Waals surface area (Å²) in [5.41, 5.74) is 0.161. The Morgan fingerprint density at radius 1 is 1.38 bits per heavy atom. The Hall–Kier alpha value is -2.15. The van der Waals surface area contributed by atoms with Gasteiger partial charge in [-0.1, -0.05) is 0 Å². The maximum Gasteiger partial charge on any atom is 0.255 e. The summed E-state index contributed by atoms with van der Waals surface area (Å²) in [6, 6.07) is 3.34. The van der Waals surface area contributed by atoms with E-state index in [0.29, 0.717) is 37.7 Å². The summed E-state index contributed by atoms with van der Waals surface area (Å²) in [6.07, 6.45) is 3.02. The third-order valence-corrected chi connectivity index (χ3v) is 4.90. The first kappa shape index (κ1) is 16.7. The summed E-state index contributed by atoms with van der Waals surface area (Å²) in [6.45, 7) is 4.54. The van der Waals surface area contributed by atoms with E-state index in [-0.39, 0.29) is 23.9 Å². The minimum atomic E-state index is -0.308. The highest BCUT2D eigenvalue weighted by Gasteiger charge is 2.46. The van der Waals surface area contributed by atoms with Gasteiger partial charge in [-0.15, -0.1) is 0 Å². The summed E-state index contributed by atoms with van der Waals surface area (Å²) in [5.74, 6) is 0.292. The Labute approximate surface area is 141 Å². The van der Waals surface area contributed by atoms with Crippen molar-refractivity contribution < 1.29 is 19.1 Å². The van der Waals surface area contributed by atoms with E-state index in [4.69, 9.17) is 9.47 Å². The summed E-state index contributed by atoms with van der Waals surface area (Å²) in [5, 5.41) is 0. The first-order valence-corrected chi connectivity index (χ1v) is 8.27. The number of methoxy groups -OCH3 is 1. The van der Waals surface area contributed by atoms with Crippen LogP contribution in [0.4, 0.5) is 0 Å². The largest absolute Gasteiger partial charge is 0.481 e. The molecule has 0 atom stereocenters. The van der Waals surface area contributed by atoms with Crippen LogP contribution in [0.15, 0.2) is 18.3 Å². The van der Waals surface area contributed by atoms with Crippen LogP contribution >= 0.6 is 0 Å². The highest BCUT2D eigenvalue weighted by molar-refractivity contribution is 5.97. The summed E-state index contributed by atoms with van der Waals surface area (Å²) in [4.78, 5) is 33.1. The molecule has 2 fully saturated rings. The lowest BCUT2D eigenvalue weighted by Gasteiger charge is -2.52. The normalized spacial score (nSPS) is 20.3. The van der Waals surface area contributed by atoms with Crippen LogP contribution in [0.2, 0.25) is 0 Å². The van der Waals surface area contributed by atoms with Crippen LogP contribution in [-0.2, 0) is 9.53 Å². The van der Waals surface area contributed by atoms with Gasteiger partial charge in [0.1, 0.15) is 6.54 Å². The van der Waals surface area contributed by atoms with Crippen molar-refractivity contribution in [2.45, 2.75) is 25.3 Å². The van der Waals surface area contributed by atoms with Gasteiger partial charge in [0.05, 0.1) is 18.2 Å². The molecular formula is C17H23N3O4. The lowest BCUT2D eigenvalue weighted by atomic mass is 9.85. The number of likely N-dealkylation sites (N-methyl/N-ethyl adjacent to an activating group) is 1. The molecule has 0 saturated carbocycles. The van der Waals surface area contributed by atoms with Gasteiger partial charge in [0.15, 0.2) is 0 Å². The van der Waals surface area contributed by atoms with E-state index in [1.807, 2.05) is 11.8 Å². The van der Waals surface area contributed by atoms with Crippen LogP contribution in [-0.4, -0.2) is 72.1 Å². The molecule has 2 saturated heterocycles. The zero-order valence-electron chi connectivity index (χ0n) is 14.2. The number of rotatable bonds is 3. The number of hydrogen-bond donors (Lipinski definition) is 0. The van der Waals surface area contributed by atoms with Crippen molar-refractivity contribution in [1.82, 2.24) is 14.8 Å². The Bertz CT molecular complexity index is 611. The maximum atomic E-state index is 12.8. The first-order valence-electron chi connectivity index (χ1n) is 8.27. The highest BCUT2D eigenvalue weighted by Crippen LogP contribution is 2.32. The molecule has 7 nitrogen and oxygen atoms in total. The Balaban J connectivity index is 1.82. The summed E-state index contributed by atoms with van der Waals surface area (Å²) in [7, 11) is 1.53. The van der Waals surface area contributed by atoms with Gasteiger partial charge in [-0.2, -0.15) is 0 Å². The number of carbonyl (C=O) groups is 2. The van der Waals surface area contributed by atoms with Gasteiger partial charge in [-0.3, -0.25) is 9.59 Å². The molecule has 3 rings (SSSR count). The van der Waals surface area contributed by atoms with E-state index < -0.39 is 0 Å². The van der Waals surface area contributed by atoms with E-state index in [1.54, 1.807) is 17.0 Å². The molecule has 0 bridgehead atoms. The van der Waals surface area contributed by atoms with Crippen molar-refractivity contribution in [2.24, 2.45) is 0 Å². The van der Waals surface area contributed by atoms with Crippen LogP contribution in [0.3, 0.4) is 0 Å². The standard InChI is InChI=1S/C17H23N3O4/c1-3-20-15(21)11-19(12-17(20)6-8-24-9-7-17)16(22)13-4-5-14(23-2)18-10-13/h4-5,10H,3,6-9,11-12H2,1-2H3. The number of aromatic nitrogens is 1. The van der Waals surface area contributed by atoms with Crippen LogP contribution in [0, 0.1) is 0 Å². The van der Waals surface area contributed by atoms with Crippen LogP contribution in [0.1, 0.15) is 30.1 Å². The van der Waals surface area contributed by atoms with Crippen molar-refractivity contribution in [3.8, 4) is 5.88 Å². The van der Waals surface area contributed by atoms with Crippen molar-refractivity contribution in [1.29, 1.82) is 0 Å². The van der Waals surface area contributed by atoms with E-state index >= 15 is 0 Å². The predicted molar refractivity (Wildman–Crippen MR) is 86.9 cm³/mol. The number of carbonyl (C=O) groups excluding carboxylic acids is 2. The number of piperazine rings is 1. The number of hydrogen-bond acceptors (Lipinski definition) is 5. The molecule has 0 aromatic carbocycles. The molecule has 130 valence electrons. The zero-order valence-corrected chi connectivity index (χ0v) is 14.2. The second-order valence-electron chi connectivity index (χ2n) is 6.23. The molecule has 2 aliphatic rings. The Morgan fingerprint density at radius 2 is 2.12 bits per heavy atom. The molecule has 3 heterocycles. The number of nitrogens with zero attached hydrogens (tertiary/aromatic N) is 3. The maximum absolute atomic E-state index is 12.8. The Morgan fingerprint density at radius 3 is 2.71 bits per heavy atom. The molecule has 24 heavy (non-hydrogen) atoms. The fourth-order valence-corrected chi connectivity index (χ4v) is 3.65. The molecule has 1 aromatic rings. The van der Waals surface area contributed by atoms with E-state index in [0.717, 1.165) is 12.8 Å². The topological polar surface area (TPSA) is 72.0 Å². The molecule has 1 aromatic heterocycles. The zero-order chi connectivity index (χ0) is 17.2. The molecule has 0 N–H and O–H groups in total. The third-order valence-electron chi connectivity index (χ3n) is 4.90. The molecule has 0 aliphatic carbocycles. The van der Waals surface area contributed by atoms with Gasteiger partial charge >= 0.3 is 0 Å². The molecule has 0 radical (unpaired) electrons. The van der Waals surface area contributed by atoms with Crippen molar-refractivity contribution in [2.75, 3.05) is 40.0 Å². The number of amides is 2. The molecule has 2 amide bonds. The lowest BCUT2D eigenvalue weighted by molar-refractivity contribution is -0.150. The van der Waals surface area contributed by atoms with E-state index in [1.165, 1.54) is 13.3 Å². The molecule has 2 aliphatic heterocycles. The second-order valence-corrected chi connectivity index (χ2v) is 6.23. The fraction of sp³-hybridized carbons (Fsp3) is 0.588. The molecule has 0 unspecified atom stereocenters. The highest BCUT2D eigenvalue weighted by atomic mass is 16.5. The van der Waals surface area contributed by atoms with Crippen LogP contribution in [0.5, 0.6) is 5.88 Å². The lowest BCUT2D eigenvalue weighted by Crippen LogP contribution is -2.67. The molecule has 7 heteroatoms.